The number of Topliss-reactive ketones (excluding diaryl/α,β-unsaturated/α-hetero) is 1. The van der Waals surface area contributed by atoms with Crippen molar-refractivity contribution >= 4 is 24.2 Å². The largest absolute Gasteiger partial charge is 0.452 e. The van der Waals surface area contributed by atoms with Crippen LogP contribution in [-0.4, -0.2) is 69.1 Å². The molecule has 0 aromatic rings. The minimum atomic E-state index is -0.896. The highest BCUT2D eigenvalue weighted by atomic mass is 16.6. The lowest BCUT2D eigenvalue weighted by Gasteiger charge is -2.19. The summed E-state index contributed by atoms with van der Waals surface area (Å²) in [6.07, 6.45) is -0.765. The van der Waals surface area contributed by atoms with Crippen molar-refractivity contribution in [3.8, 4) is 0 Å². The second-order valence-electron chi connectivity index (χ2n) is 3.22. The molecular weight excluding hydrogens is 244 g/mol. The Labute approximate surface area is 104 Å². The Bertz CT molecular complexity index is 342. The number of carbonyl (C=O) groups is 3. The van der Waals surface area contributed by atoms with E-state index >= 15 is 0 Å². The third-order valence-electron chi connectivity index (χ3n) is 1.55. The van der Waals surface area contributed by atoms with Crippen molar-refractivity contribution in [2.75, 3.05) is 34.9 Å². The summed E-state index contributed by atoms with van der Waals surface area (Å²) >= 11 is 0. The maximum absolute atomic E-state index is 11.4. The molecule has 0 aliphatic rings. The number of nitrogens with one attached hydrogen (secondary N) is 1. The van der Waals surface area contributed by atoms with E-state index in [1.807, 2.05) is 5.43 Å². The summed E-state index contributed by atoms with van der Waals surface area (Å²) in [5.74, 6) is -0.495. The Morgan fingerprint density at radius 2 is 1.83 bits per heavy atom. The van der Waals surface area contributed by atoms with Gasteiger partial charge in [0.2, 0.25) is 0 Å². The number of hydrogen-bond acceptors (Lipinski definition) is 7. The van der Waals surface area contributed by atoms with Crippen LogP contribution in [0.4, 0.5) is 9.59 Å². The summed E-state index contributed by atoms with van der Waals surface area (Å²) < 4.78 is 8.70. The standard InChI is InChI=1S/C9H16N4O5/c1-12(2)10-5-7(14)6-13(9(16)18-4)11-8(15)17-3/h5H,6H2,1-4H3,(H,11,15)/b10-5+. The van der Waals surface area contributed by atoms with E-state index in [1.165, 1.54) is 5.01 Å². The van der Waals surface area contributed by atoms with Gasteiger partial charge in [-0.2, -0.15) is 5.10 Å². The van der Waals surface area contributed by atoms with Crippen molar-refractivity contribution in [1.29, 1.82) is 0 Å². The highest BCUT2D eigenvalue weighted by Gasteiger charge is 2.19. The first-order chi connectivity index (χ1) is 8.40. The van der Waals surface area contributed by atoms with Crippen LogP contribution < -0.4 is 5.43 Å². The molecule has 0 aliphatic heterocycles. The van der Waals surface area contributed by atoms with Crippen LogP contribution in [0.1, 0.15) is 0 Å². The van der Waals surface area contributed by atoms with Crippen molar-refractivity contribution in [2.45, 2.75) is 0 Å². The molecule has 0 spiro atoms. The molecule has 0 aliphatic carbocycles. The van der Waals surface area contributed by atoms with Gasteiger partial charge in [0, 0.05) is 14.1 Å². The maximum Gasteiger partial charge on any atom is 0.428 e. The molecule has 0 rings (SSSR count). The molecule has 18 heavy (non-hydrogen) atoms. The van der Waals surface area contributed by atoms with Gasteiger partial charge in [0.1, 0.15) is 6.54 Å². The first kappa shape index (κ1) is 15.7. The molecule has 0 saturated carbocycles. The smallest absolute Gasteiger partial charge is 0.428 e. The van der Waals surface area contributed by atoms with Gasteiger partial charge in [-0.15, -0.1) is 0 Å². The molecule has 0 saturated heterocycles. The number of carbonyl (C=O) groups excluding carboxylic acids is 3. The van der Waals surface area contributed by atoms with Crippen molar-refractivity contribution in [2.24, 2.45) is 5.10 Å². The van der Waals surface area contributed by atoms with E-state index in [4.69, 9.17) is 0 Å². The lowest BCUT2D eigenvalue weighted by molar-refractivity contribution is -0.113. The molecule has 0 radical (unpaired) electrons. The Morgan fingerprint density at radius 3 is 2.28 bits per heavy atom. The third-order valence-corrected chi connectivity index (χ3v) is 1.55. The first-order valence-electron chi connectivity index (χ1n) is 4.85. The number of hydrazone groups is 1. The van der Waals surface area contributed by atoms with Crippen molar-refractivity contribution in [3.63, 3.8) is 0 Å². The van der Waals surface area contributed by atoms with Gasteiger partial charge in [0.15, 0.2) is 5.78 Å². The predicted octanol–water partition coefficient (Wildman–Crippen LogP) is -0.558. The predicted molar refractivity (Wildman–Crippen MR) is 61.8 cm³/mol. The number of hydrogen-bond donors (Lipinski definition) is 1. The van der Waals surface area contributed by atoms with Crippen LogP contribution in [0.15, 0.2) is 5.10 Å². The van der Waals surface area contributed by atoms with Gasteiger partial charge in [-0.1, -0.05) is 0 Å². The van der Waals surface area contributed by atoms with Crippen LogP contribution in [0.2, 0.25) is 0 Å². The number of nitrogens with zero attached hydrogens (tertiary/aromatic N) is 3. The topological polar surface area (TPSA) is 101 Å². The summed E-state index contributed by atoms with van der Waals surface area (Å²) in [5, 5.41) is 5.79. The van der Waals surface area contributed by atoms with Gasteiger partial charge in [0.05, 0.1) is 20.4 Å². The molecule has 0 aromatic heterocycles. The summed E-state index contributed by atoms with van der Waals surface area (Å²) in [7, 11) is 5.51. The average Bonchev–Trinajstić information content (AvgIpc) is 2.34. The van der Waals surface area contributed by atoms with E-state index in [2.05, 4.69) is 14.6 Å². The fourth-order valence-electron chi connectivity index (χ4n) is 0.792. The minimum Gasteiger partial charge on any atom is -0.452 e. The van der Waals surface area contributed by atoms with Gasteiger partial charge in [-0.05, 0) is 0 Å². The lowest BCUT2D eigenvalue weighted by atomic mass is 10.4. The minimum absolute atomic E-state index is 0.418. The molecule has 0 unspecified atom stereocenters. The zero-order chi connectivity index (χ0) is 14.1. The number of ether oxygens (including phenoxy) is 2. The zero-order valence-electron chi connectivity index (χ0n) is 10.7. The molecule has 0 heterocycles. The van der Waals surface area contributed by atoms with Crippen LogP contribution >= 0.6 is 0 Å². The molecule has 9 nitrogen and oxygen atoms in total. The fraction of sp³-hybridized carbons (Fsp3) is 0.556. The van der Waals surface area contributed by atoms with E-state index < -0.39 is 24.5 Å². The maximum atomic E-state index is 11.4. The normalized spacial score (nSPS) is 9.78. The monoisotopic (exact) mass is 260 g/mol. The highest BCUT2D eigenvalue weighted by molar-refractivity contribution is 6.28. The van der Waals surface area contributed by atoms with Gasteiger partial charge in [-0.3, -0.25) is 4.79 Å². The first-order valence-corrected chi connectivity index (χ1v) is 4.85. The van der Waals surface area contributed by atoms with Gasteiger partial charge >= 0.3 is 12.2 Å². The van der Waals surface area contributed by atoms with E-state index in [0.29, 0.717) is 5.01 Å². The van der Waals surface area contributed by atoms with Crippen LogP contribution in [0.25, 0.3) is 0 Å². The van der Waals surface area contributed by atoms with Crippen LogP contribution in [0, 0.1) is 0 Å². The number of hydrazine groups is 1. The highest BCUT2D eigenvalue weighted by Crippen LogP contribution is 1.90. The number of rotatable bonds is 4. The fourth-order valence-corrected chi connectivity index (χ4v) is 0.792. The number of methoxy groups -OCH3 is 2. The second kappa shape index (κ2) is 7.87. The molecule has 1 N–H and O–H groups in total. The summed E-state index contributed by atoms with van der Waals surface area (Å²) in [6.45, 7) is -0.418. The Morgan fingerprint density at radius 1 is 1.22 bits per heavy atom. The summed E-state index contributed by atoms with van der Waals surface area (Å²) in [4.78, 5) is 33.6. The molecule has 2 amide bonds. The van der Waals surface area contributed by atoms with Gasteiger partial charge < -0.3 is 14.5 Å². The van der Waals surface area contributed by atoms with E-state index in [0.717, 1.165) is 20.4 Å². The third kappa shape index (κ3) is 6.30. The van der Waals surface area contributed by atoms with Crippen LogP contribution in [-0.2, 0) is 14.3 Å². The van der Waals surface area contributed by atoms with Crippen LogP contribution in [0.3, 0.4) is 0 Å². The number of ketones is 1. The lowest BCUT2D eigenvalue weighted by Crippen LogP contribution is -2.48. The van der Waals surface area contributed by atoms with Crippen molar-refractivity contribution < 1.29 is 23.9 Å². The Hall–Kier alpha value is -2.32. The molecule has 0 bridgehead atoms. The average molecular weight is 260 g/mol. The van der Waals surface area contributed by atoms with E-state index in [9.17, 15) is 14.4 Å². The van der Waals surface area contributed by atoms with Crippen molar-refractivity contribution in [3.05, 3.63) is 0 Å². The van der Waals surface area contributed by atoms with Gasteiger partial charge in [0.25, 0.3) is 0 Å². The van der Waals surface area contributed by atoms with E-state index in [1.54, 1.807) is 14.1 Å². The molecule has 0 atom stereocenters. The molecule has 0 aromatic carbocycles. The molecular formula is C9H16N4O5. The van der Waals surface area contributed by atoms with Gasteiger partial charge in [-0.25, -0.2) is 20.0 Å². The van der Waals surface area contributed by atoms with Crippen LogP contribution in [0.5, 0.6) is 0 Å². The Balaban J connectivity index is 4.54. The molecule has 9 heteroatoms. The summed E-state index contributed by atoms with van der Waals surface area (Å²) in [5.41, 5.74) is 2.04. The summed E-state index contributed by atoms with van der Waals surface area (Å²) in [6, 6.07) is 0. The van der Waals surface area contributed by atoms with Crippen molar-refractivity contribution in [1.82, 2.24) is 15.4 Å². The SMILES string of the molecule is COC(=O)NN(CC(=O)/C=N/N(C)C)C(=O)OC. The quantitative estimate of drug-likeness (QED) is 0.537. The number of amides is 2. The molecule has 0 fully saturated rings. The zero-order valence-corrected chi connectivity index (χ0v) is 10.7. The van der Waals surface area contributed by atoms with E-state index in [-0.39, 0.29) is 0 Å². The molecule has 102 valence electrons. The Kier molecular flexibility index (Phi) is 6.86. The second-order valence-corrected chi connectivity index (χ2v) is 3.22.